The molecule has 15 heavy (non-hydrogen) atoms. The zero-order valence-corrected chi connectivity index (χ0v) is 9.17. The Labute approximate surface area is 92.3 Å². The molecule has 1 atom stereocenters. The van der Waals surface area contributed by atoms with E-state index in [0.717, 1.165) is 0 Å². The van der Waals surface area contributed by atoms with E-state index in [-0.39, 0.29) is 11.3 Å². The molecule has 0 fully saturated rings. The van der Waals surface area contributed by atoms with Crippen LogP contribution in [0.25, 0.3) is 0 Å². The number of benzene rings is 1. The van der Waals surface area contributed by atoms with Crippen molar-refractivity contribution in [1.29, 1.82) is 0 Å². The van der Waals surface area contributed by atoms with Gasteiger partial charge in [0.05, 0.1) is 0 Å². The number of aryl methyl sites for hydroxylation is 1. The highest BCUT2D eigenvalue weighted by molar-refractivity contribution is 6.31. The molecule has 1 unspecified atom stereocenters. The predicted octanol–water partition coefficient (Wildman–Crippen LogP) is 1.75. The van der Waals surface area contributed by atoms with Crippen LogP contribution < -0.4 is 5.73 Å². The maximum Gasteiger partial charge on any atom is 0.325 e. The molecule has 82 valence electrons. The van der Waals surface area contributed by atoms with Crippen LogP contribution in [0.1, 0.15) is 22.7 Å². The lowest BCUT2D eigenvalue weighted by atomic mass is 9.98. The summed E-state index contributed by atoms with van der Waals surface area (Å²) in [6.45, 7) is 3.26. The third-order valence-electron chi connectivity index (χ3n) is 2.31. The van der Waals surface area contributed by atoms with Crippen LogP contribution in [0, 0.1) is 13.8 Å². The summed E-state index contributed by atoms with van der Waals surface area (Å²) in [6, 6.07) is 0.312. The average molecular weight is 230 g/mol. The standard InChI is InChI=1S/C10H12ClNO3/c1-4-3-6(11)5(2)7(9(4)13)8(12)10(14)15/h3,8,13H,12H2,1-2H3,(H,14,15). The summed E-state index contributed by atoms with van der Waals surface area (Å²) in [5.41, 5.74) is 6.64. The average Bonchev–Trinajstić information content (AvgIpc) is 2.15. The fraction of sp³-hybridized carbons (Fsp3) is 0.300. The maximum atomic E-state index is 10.7. The third-order valence-corrected chi connectivity index (χ3v) is 2.70. The summed E-state index contributed by atoms with van der Waals surface area (Å²) in [4.78, 5) is 10.7. The zero-order valence-electron chi connectivity index (χ0n) is 8.41. The van der Waals surface area contributed by atoms with E-state index in [0.29, 0.717) is 16.1 Å². The first-order chi connectivity index (χ1) is 6.86. The van der Waals surface area contributed by atoms with Crippen molar-refractivity contribution >= 4 is 17.6 Å². The molecule has 0 amide bonds. The normalized spacial score (nSPS) is 12.5. The molecular weight excluding hydrogens is 218 g/mol. The molecule has 0 aromatic heterocycles. The molecule has 0 heterocycles. The number of nitrogens with two attached hydrogens (primary N) is 1. The molecule has 1 rings (SSSR count). The highest BCUT2D eigenvalue weighted by Crippen LogP contribution is 2.34. The van der Waals surface area contributed by atoms with Crippen molar-refractivity contribution in [3.05, 3.63) is 27.8 Å². The lowest BCUT2D eigenvalue weighted by molar-refractivity contribution is -0.138. The summed E-state index contributed by atoms with van der Waals surface area (Å²) in [5.74, 6) is -1.30. The molecule has 0 spiro atoms. The van der Waals surface area contributed by atoms with E-state index >= 15 is 0 Å². The predicted molar refractivity (Wildman–Crippen MR) is 57.2 cm³/mol. The van der Waals surface area contributed by atoms with Gasteiger partial charge in [-0.3, -0.25) is 4.79 Å². The number of hydrogen-bond donors (Lipinski definition) is 3. The molecule has 0 aliphatic carbocycles. The van der Waals surface area contributed by atoms with E-state index in [1.54, 1.807) is 19.9 Å². The van der Waals surface area contributed by atoms with Crippen LogP contribution in [0.15, 0.2) is 6.07 Å². The molecule has 0 aliphatic heterocycles. The van der Waals surface area contributed by atoms with Gasteiger partial charge in [0, 0.05) is 10.6 Å². The largest absolute Gasteiger partial charge is 0.507 e. The van der Waals surface area contributed by atoms with Gasteiger partial charge in [-0.1, -0.05) is 11.6 Å². The minimum atomic E-state index is -1.26. The van der Waals surface area contributed by atoms with E-state index in [9.17, 15) is 9.90 Å². The fourth-order valence-corrected chi connectivity index (χ4v) is 1.65. The zero-order chi connectivity index (χ0) is 11.7. The van der Waals surface area contributed by atoms with Gasteiger partial charge < -0.3 is 15.9 Å². The Bertz CT molecular complexity index is 391. The number of aromatic hydroxyl groups is 1. The fourth-order valence-electron chi connectivity index (χ4n) is 1.39. The van der Waals surface area contributed by atoms with Gasteiger partial charge in [0.25, 0.3) is 0 Å². The molecule has 1 aromatic carbocycles. The molecule has 1 aromatic rings. The van der Waals surface area contributed by atoms with Crippen LogP contribution >= 0.6 is 11.6 Å². The molecule has 0 radical (unpaired) electrons. The van der Waals surface area contributed by atoms with E-state index < -0.39 is 12.0 Å². The van der Waals surface area contributed by atoms with E-state index in [1.165, 1.54) is 0 Å². The first kappa shape index (κ1) is 11.8. The maximum absolute atomic E-state index is 10.7. The Morgan fingerprint density at radius 2 is 2.07 bits per heavy atom. The van der Waals surface area contributed by atoms with Gasteiger partial charge in [-0.15, -0.1) is 0 Å². The molecule has 0 aliphatic rings. The van der Waals surface area contributed by atoms with Gasteiger partial charge in [0.2, 0.25) is 0 Å². The van der Waals surface area contributed by atoms with E-state index in [4.69, 9.17) is 22.4 Å². The number of aliphatic carboxylic acids is 1. The Balaban J connectivity index is 3.45. The number of carbonyl (C=O) groups is 1. The van der Waals surface area contributed by atoms with Gasteiger partial charge in [-0.25, -0.2) is 0 Å². The Kier molecular flexibility index (Phi) is 3.21. The lowest BCUT2D eigenvalue weighted by Crippen LogP contribution is -2.22. The van der Waals surface area contributed by atoms with Gasteiger partial charge >= 0.3 is 5.97 Å². The number of carboxylic acid groups (broad SMARTS) is 1. The number of phenolic OH excluding ortho intramolecular Hbond substituents is 1. The van der Waals surface area contributed by atoms with Gasteiger partial charge in [-0.2, -0.15) is 0 Å². The second-order valence-electron chi connectivity index (χ2n) is 3.38. The van der Waals surface area contributed by atoms with Crippen LogP contribution in [0.2, 0.25) is 5.02 Å². The van der Waals surface area contributed by atoms with Crippen molar-refractivity contribution in [2.24, 2.45) is 5.73 Å². The Morgan fingerprint density at radius 3 is 2.53 bits per heavy atom. The van der Waals surface area contributed by atoms with E-state index in [1.807, 2.05) is 0 Å². The second-order valence-corrected chi connectivity index (χ2v) is 3.79. The highest BCUT2D eigenvalue weighted by Gasteiger charge is 2.23. The quantitative estimate of drug-likeness (QED) is 0.721. The van der Waals surface area contributed by atoms with Crippen LogP contribution in [0.5, 0.6) is 5.75 Å². The number of carboxylic acids is 1. The topological polar surface area (TPSA) is 83.6 Å². The molecule has 0 saturated heterocycles. The Morgan fingerprint density at radius 1 is 1.53 bits per heavy atom. The monoisotopic (exact) mass is 229 g/mol. The molecule has 0 bridgehead atoms. The van der Waals surface area contributed by atoms with Crippen molar-refractivity contribution in [3.63, 3.8) is 0 Å². The number of hydrogen-bond acceptors (Lipinski definition) is 3. The minimum Gasteiger partial charge on any atom is -0.507 e. The third kappa shape index (κ3) is 2.06. The highest BCUT2D eigenvalue weighted by atomic mass is 35.5. The van der Waals surface area contributed by atoms with Crippen LogP contribution in [0.4, 0.5) is 0 Å². The number of halogens is 1. The Hall–Kier alpha value is -1.26. The van der Waals surface area contributed by atoms with Gasteiger partial charge in [0.15, 0.2) is 0 Å². The lowest BCUT2D eigenvalue weighted by Gasteiger charge is -2.15. The summed E-state index contributed by atoms with van der Waals surface area (Å²) >= 11 is 5.88. The van der Waals surface area contributed by atoms with Crippen LogP contribution in [-0.2, 0) is 4.79 Å². The number of phenols is 1. The van der Waals surface area contributed by atoms with Crippen molar-refractivity contribution < 1.29 is 15.0 Å². The molecule has 0 saturated carbocycles. The van der Waals surface area contributed by atoms with Crippen molar-refractivity contribution in [3.8, 4) is 5.75 Å². The second kappa shape index (κ2) is 4.08. The van der Waals surface area contributed by atoms with Gasteiger partial charge in [0.1, 0.15) is 11.8 Å². The number of rotatable bonds is 2. The molecule has 4 N–H and O–H groups in total. The first-order valence-corrected chi connectivity index (χ1v) is 4.71. The minimum absolute atomic E-state index is 0.105. The SMILES string of the molecule is Cc1cc(Cl)c(C)c(C(N)C(=O)O)c1O. The molecular formula is C10H12ClNO3. The molecule has 4 nitrogen and oxygen atoms in total. The van der Waals surface area contributed by atoms with Gasteiger partial charge in [-0.05, 0) is 31.0 Å². The smallest absolute Gasteiger partial charge is 0.325 e. The van der Waals surface area contributed by atoms with Crippen molar-refractivity contribution in [2.45, 2.75) is 19.9 Å². The van der Waals surface area contributed by atoms with Crippen LogP contribution in [0.3, 0.4) is 0 Å². The molecule has 5 heteroatoms. The van der Waals surface area contributed by atoms with E-state index in [2.05, 4.69) is 0 Å². The summed E-state index contributed by atoms with van der Waals surface area (Å²) in [5, 5.41) is 18.9. The van der Waals surface area contributed by atoms with Crippen molar-refractivity contribution in [1.82, 2.24) is 0 Å². The summed E-state index contributed by atoms with van der Waals surface area (Å²) in [6.07, 6.45) is 0. The first-order valence-electron chi connectivity index (χ1n) is 4.33. The summed E-state index contributed by atoms with van der Waals surface area (Å²) in [7, 11) is 0. The van der Waals surface area contributed by atoms with Crippen molar-refractivity contribution in [2.75, 3.05) is 0 Å². The summed E-state index contributed by atoms with van der Waals surface area (Å²) < 4.78 is 0. The van der Waals surface area contributed by atoms with Crippen LogP contribution in [-0.4, -0.2) is 16.2 Å².